The lowest BCUT2D eigenvalue weighted by atomic mass is 10.0. The molecule has 0 bridgehead atoms. The van der Waals surface area contributed by atoms with Crippen LogP contribution in [-0.2, 0) is 11.2 Å². The molecule has 0 aromatic carbocycles. The van der Waals surface area contributed by atoms with Gasteiger partial charge in [0, 0.05) is 25.4 Å². The summed E-state index contributed by atoms with van der Waals surface area (Å²) in [6, 6.07) is 0.407. The minimum atomic E-state index is 0. The normalized spacial score (nSPS) is 15.4. The molecule has 1 fully saturated rings. The second-order valence-electron chi connectivity index (χ2n) is 5.66. The molecule has 0 unspecified atom stereocenters. The maximum absolute atomic E-state index is 12.5. The molecule has 22 heavy (non-hydrogen) atoms. The van der Waals surface area contributed by atoms with E-state index in [9.17, 15) is 4.79 Å². The number of hydrogen-bond acceptors (Lipinski definition) is 5. The number of piperidine rings is 1. The minimum absolute atomic E-state index is 0. The Hall–Kier alpha value is -1.14. The standard InChI is InChI=1S/C15H26N4O2.ClH/c1-3-11-19(13-7-9-16-10-8-13)15(20)6-4-5-14-17-12(2)18-21-14;/h13,16H,3-11H2,1-2H3;1H. The van der Waals surface area contributed by atoms with Crippen LogP contribution in [0.2, 0.25) is 0 Å². The fourth-order valence-corrected chi connectivity index (χ4v) is 2.85. The average molecular weight is 331 g/mol. The summed E-state index contributed by atoms with van der Waals surface area (Å²) < 4.78 is 5.08. The number of rotatable bonds is 7. The van der Waals surface area contributed by atoms with Crippen molar-refractivity contribution in [3.05, 3.63) is 11.7 Å². The van der Waals surface area contributed by atoms with Gasteiger partial charge in [-0.25, -0.2) is 0 Å². The predicted molar refractivity (Wildman–Crippen MR) is 87.1 cm³/mol. The molecule has 0 aliphatic carbocycles. The third-order valence-electron chi connectivity index (χ3n) is 3.89. The Bertz CT molecular complexity index is 447. The highest BCUT2D eigenvalue weighted by molar-refractivity contribution is 5.85. The first kappa shape index (κ1) is 18.9. The molecule has 0 spiro atoms. The van der Waals surface area contributed by atoms with Crippen LogP contribution in [0.5, 0.6) is 0 Å². The van der Waals surface area contributed by atoms with E-state index in [1.54, 1.807) is 6.92 Å². The average Bonchev–Trinajstić information content (AvgIpc) is 2.91. The van der Waals surface area contributed by atoms with Crippen molar-refractivity contribution in [2.75, 3.05) is 19.6 Å². The van der Waals surface area contributed by atoms with E-state index in [-0.39, 0.29) is 18.3 Å². The number of aromatic nitrogens is 2. The van der Waals surface area contributed by atoms with Gasteiger partial charge in [-0.15, -0.1) is 12.4 Å². The molecule has 1 saturated heterocycles. The second-order valence-corrected chi connectivity index (χ2v) is 5.66. The SMILES string of the molecule is CCCN(C(=O)CCCc1nc(C)no1)C1CCNCC1.Cl. The van der Waals surface area contributed by atoms with Crippen LogP contribution >= 0.6 is 12.4 Å². The number of halogens is 1. The molecule has 1 amide bonds. The first-order chi connectivity index (χ1) is 10.2. The van der Waals surface area contributed by atoms with E-state index in [2.05, 4.69) is 27.3 Å². The number of hydrogen-bond donors (Lipinski definition) is 1. The van der Waals surface area contributed by atoms with Crippen LogP contribution in [0.1, 0.15) is 50.7 Å². The first-order valence-electron chi connectivity index (χ1n) is 8.00. The van der Waals surface area contributed by atoms with Crippen LogP contribution in [-0.4, -0.2) is 46.6 Å². The van der Waals surface area contributed by atoms with Crippen molar-refractivity contribution in [2.45, 2.75) is 58.4 Å². The predicted octanol–water partition coefficient (Wildman–Crippen LogP) is 2.11. The Kier molecular flexibility index (Phi) is 8.42. The lowest BCUT2D eigenvalue weighted by molar-refractivity contribution is -0.134. The molecule has 1 aliphatic heterocycles. The Morgan fingerprint density at radius 2 is 2.14 bits per heavy atom. The highest BCUT2D eigenvalue weighted by atomic mass is 35.5. The molecular formula is C15H27ClN4O2. The van der Waals surface area contributed by atoms with E-state index in [0.717, 1.165) is 45.3 Å². The number of carbonyl (C=O) groups is 1. The van der Waals surface area contributed by atoms with Crippen LogP contribution in [0.4, 0.5) is 0 Å². The van der Waals surface area contributed by atoms with E-state index < -0.39 is 0 Å². The van der Waals surface area contributed by atoms with Crippen molar-refractivity contribution in [1.82, 2.24) is 20.4 Å². The molecular weight excluding hydrogens is 304 g/mol. The zero-order valence-corrected chi connectivity index (χ0v) is 14.3. The smallest absolute Gasteiger partial charge is 0.226 e. The summed E-state index contributed by atoms with van der Waals surface area (Å²) in [5.74, 6) is 1.54. The van der Waals surface area contributed by atoms with Gasteiger partial charge in [-0.2, -0.15) is 4.98 Å². The second kappa shape index (κ2) is 9.79. The van der Waals surface area contributed by atoms with Crippen molar-refractivity contribution in [3.63, 3.8) is 0 Å². The molecule has 0 radical (unpaired) electrons. The number of nitrogens with one attached hydrogen (secondary N) is 1. The van der Waals surface area contributed by atoms with Gasteiger partial charge in [-0.3, -0.25) is 4.79 Å². The maximum atomic E-state index is 12.5. The zero-order valence-electron chi connectivity index (χ0n) is 13.5. The van der Waals surface area contributed by atoms with Gasteiger partial charge < -0.3 is 14.7 Å². The summed E-state index contributed by atoms with van der Waals surface area (Å²) in [4.78, 5) is 18.7. The van der Waals surface area contributed by atoms with Crippen LogP contribution in [0.15, 0.2) is 4.52 Å². The monoisotopic (exact) mass is 330 g/mol. The summed E-state index contributed by atoms with van der Waals surface area (Å²) in [6.07, 6.45) is 5.15. The Balaban J connectivity index is 0.00000242. The molecule has 1 aliphatic rings. The highest BCUT2D eigenvalue weighted by Gasteiger charge is 2.24. The van der Waals surface area contributed by atoms with Gasteiger partial charge in [0.15, 0.2) is 5.82 Å². The van der Waals surface area contributed by atoms with Gasteiger partial charge in [0.25, 0.3) is 0 Å². The van der Waals surface area contributed by atoms with Crippen molar-refractivity contribution in [2.24, 2.45) is 0 Å². The lowest BCUT2D eigenvalue weighted by Crippen LogP contribution is -2.46. The highest BCUT2D eigenvalue weighted by Crippen LogP contribution is 2.15. The lowest BCUT2D eigenvalue weighted by Gasteiger charge is -2.34. The molecule has 126 valence electrons. The number of nitrogens with zero attached hydrogens (tertiary/aromatic N) is 3. The van der Waals surface area contributed by atoms with Crippen molar-refractivity contribution in [3.8, 4) is 0 Å². The third-order valence-corrected chi connectivity index (χ3v) is 3.89. The molecule has 6 nitrogen and oxygen atoms in total. The first-order valence-corrected chi connectivity index (χ1v) is 8.00. The van der Waals surface area contributed by atoms with Crippen LogP contribution in [0.25, 0.3) is 0 Å². The van der Waals surface area contributed by atoms with Gasteiger partial charge in [-0.1, -0.05) is 12.1 Å². The molecule has 2 rings (SSSR count). The van der Waals surface area contributed by atoms with E-state index >= 15 is 0 Å². The molecule has 0 saturated carbocycles. The van der Waals surface area contributed by atoms with Gasteiger partial charge in [0.1, 0.15) is 0 Å². The number of carbonyl (C=O) groups excluding carboxylic acids is 1. The number of aryl methyl sites for hydroxylation is 2. The quantitative estimate of drug-likeness (QED) is 0.829. The molecule has 1 aromatic heterocycles. The Morgan fingerprint density at radius 3 is 2.73 bits per heavy atom. The van der Waals surface area contributed by atoms with Gasteiger partial charge in [-0.05, 0) is 45.7 Å². The van der Waals surface area contributed by atoms with Crippen LogP contribution in [0, 0.1) is 6.92 Å². The summed E-state index contributed by atoms with van der Waals surface area (Å²) in [5, 5.41) is 7.12. The summed E-state index contributed by atoms with van der Waals surface area (Å²) in [7, 11) is 0. The third kappa shape index (κ3) is 5.57. The molecule has 7 heteroatoms. The molecule has 0 atom stereocenters. The summed E-state index contributed by atoms with van der Waals surface area (Å²) in [6.45, 7) is 6.82. The molecule has 1 N–H and O–H groups in total. The largest absolute Gasteiger partial charge is 0.340 e. The zero-order chi connectivity index (χ0) is 15.1. The van der Waals surface area contributed by atoms with Crippen LogP contribution in [0.3, 0.4) is 0 Å². The van der Waals surface area contributed by atoms with Gasteiger partial charge in [0.2, 0.25) is 11.8 Å². The fourth-order valence-electron chi connectivity index (χ4n) is 2.85. The van der Waals surface area contributed by atoms with Gasteiger partial charge >= 0.3 is 0 Å². The van der Waals surface area contributed by atoms with Crippen molar-refractivity contribution >= 4 is 18.3 Å². The summed E-state index contributed by atoms with van der Waals surface area (Å²) >= 11 is 0. The van der Waals surface area contributed by atoms with Crippen molar-refractivity contribution < 1.29 is 9.32 Å². The van der Waals surface area contributed by atoms with Gasteiger partial charge in [0.05, 0.1) is 0 Å². The fraction of sp³-hybridized carbons (Fsp3) is 0.800. The topological polar surface area (TPSA) is 71.3 Å². The molecule has 2 heterocycles. The molecule has 1 aromatic rings. The minimum Gasteiger partial charge on any atom is -0.340 e. The van der Waals surface area contributed by atoms with E-state index in [1.165, 1.54) is 0 Å². The maximum Gasteiger partial charge on any atom is 0.226 e. The van der Waals surface area contributed by atoms with Crippen LogP contribution < -0.4 is 5.32 Å². The van der Waals surface area contributed by atoms with E-state index in [0.29, 0.717) is 30.6 Å². The Morgan fingerprint density at radius 1 is 1.41 bits per heavy atom. The Labute approximate surface area is 138 Å². The van der Waals surface area contributed by atoms with E-state index in [4.69, 9.17) is 4.52 Å². The number of amides is 1. The summed E-state index contributed by atoms with van der Waals surface area (Å²) in [5.41, 5.74) is 0. The van der Waals surface area contributed by atoms with Crippen molar-refractivity contribution in [1.29, 1.82) is 0 Å². The van der Waals surface area contributed by atoms with E-state index in [1.807, 2.05) is 0 Å².